The molecular weight excluding hydrogens is 136 g/mol. The van der Waals surface area contributed by atoms with Gasteiger partial charge in [0.05, 0.1) is 11.9 Å². The maximum atomic E-state index is 9.71. The molecule has 4 heteroatoms. The van der Waals surface area contributed by atoms with Crippen molar-refractivity contribution in [2.45, 2.75) is 0 Å². The molecule has 1 heterocycles. The summed E-state index contributed by atoms with van der Waals surface area (Å²) in [5, 5.41) is 4.55. The van der Waals surface area contributed by atoms with Gasteiger partial charge < -0.3 is 4.31 Å². The van der Waals surface area contributed by atoms with Crippen LogP contribution in [0, 0.1) is 4.91 Å². The lowest BCUT2D eigenvalue weighted by molar-refractivity contribution is 0.738. The maximum absolute atomic E-state index is 9.71. The third kappa shape index (κ3) is 1.32. The van der Waals surface area contributed by atoms with Crippen LogP contribution in [0.25, 0.3) is 0 Å². The molecule has 0 bridgehead atoms. The molecular formula is C5H6N2OS. The molecule has 1 rings (SSSR count). The van der Waals surface area contributed by atoms with Crippen molar-refractivity contribution >= 4 is 11.9 Å². The topological polar surface area (TPSA) is 32.7 Å². The summed E-state index contributed by atoms with van der Waals surface area (Å²) >= 11 is 1.53. The smallest absolute Gasteiger partial charge is 0.0957 e. The summed E-state index contributed by atoms with van der Waals surface area (Å²) in [7, 11) is 1.88. The molecule has 48 valence electrons. The minimum Gasteiger partial charge on any atom is -0.314 e. The standard InChI is InChI=1S/C5H6N2OS/c1-7-5(4-6-8)2-3-9-7/h2-4H,1H3/b5-4-. The van der Waals surface area contributed by atoms with Crippen molar-refractivity contribution in [2.75, 3.05) is 7.05 Å². The Bertz CT molecular complexity index is 176. The van der Waals surface area contributed by atoms with Crippen molar-refractivity contribution < 1.29 is 0 Å². The number of rotatable bonds is 1. The Labute approximate surface area is 57.5 Å². The molecule has 0 spiro atoms. The van der Waals surface area contributed by atoms with Crippen molar-refractivity contribution in [3.05, 3.63) is 28.3 Å². The number of hydrogen-bond donors (Lipinski definition) is 0. The van der Waals surface area contributed by atoms with E-state index in [1.807, 2.05) is 22.8 Å². The number of nitroso groups, excluding NO2 is 1. The molecule has 0 radical (unpaired) electrons. The van der Waals surface area contributed by atoms with E-state index in [0.717, 1.165) is 5.70 Å². The Balaban J connectivity index is 2.69. The highest BCUT2D eigenvalue weighted by Crippen LogP contribution is 2.24. The van der Waals surface area contributed by atoms with Gasteiger partial charge in [0.15, 0.2) is 0 Å². The lowest BCUT2D eigenvalue weighted by Crippen LogP contribution is -1.99. The van der Waals surface area contributed by atoms with E-state index in [-0.39, 0.29) is 0 Å². The molecule has 0 N–H and O–H groups in total. The zero-order chi connectivity index (χ0) is 6.69. The Morgan fingerprint density at radius 3 is 3.11 bits per heavy atom. The number of hydrogen-bond acceptors (Lipinski definition) is 4. The van der Waals surface area contributed by atoms with Crippen molar-refractivity contribution in [1.82, 2.24) is 4.31 Å². The van der Waals surface area contributed by atoms with E-state index in [0.29, 0.717) is 0 Å². The van der Waals surface area contributed by atoms with E-state index < -0.39 is 0 Å². The fourth-order valence-electron chi connectivity index (χ4n) is 0.536. The minimum absolute atomic E-state index is 0.843. The predicted octanol–water partition coefficient (Wildman–Crippen LogP) is 1.70. The molecule has 0 saturated carbocycles. The second-order valence-corrected chi connectivity index (χ2v) is 2.60. The Hall–Kier alpha value is -0.770. The van der Waals surface area contributed by atoms with Crippen LogP contribution >= 0.6 is 11.9 Å². The molecule has 1 aliphatic heterocycles. The van der Waals surface area contributed by atoms with Gasteiger partial charge in [0, 0.05) is 7.05 Å². The van der Waals surface area contributed by atoms with Crippen LogP contribution in [0.1, 0.15) is 0 Å². The average Bonchev–Trinajstić information content (AvgIpc) is 2.18. The van der Waals surface area contributed by atoms with Gasteiger partial charge in [-0.1, -0.05) is 0 Å². The Morgan fingerprint density at radius 2 is 2.67 bits per heavy atom. The molecule has 0 atom stereocenters. The molecule has 0 unspecified atom stereocenters. The van der Waals surface area contributed by atoms with Gasteiger partial charge in [0.2, 0.25) is 0 Å². The van der Waals surface area contributed by atoms with Crippen LogP contribution in [0.4, 0.5) is 0 Å². The highest BCUT2D eigenvalue weighted by atomic mass is 32.2. The highest BCUT2D eigenvalue weighted by Gasteiger charge is 2.05. The fourth-order valence-corrected chi connectivity index (χ4v) is 1.15. The number of likely N-dealkylation sites (N-methyl/N-ethyl adjacent to an activating group) is 1. The summed E-state index contributed by atoms with van der Waals surface area (Å²) in [6.45, 7) is 0. The van der Waals surface area contributed by atoms with Crippen molar-refractivity contribution in [3.63, 3.8) is 0 Å². The minimum atomic E-state index is 0.843. The molecule has 0 saturated heterocycles. The van der Waals surface area contributed by atoms with Crippen LogP contribution in [-0.4, -0.2) is 11.4 Å². The SMILES string of the molecule is CN1SC=C/C1=C/N=O. The third-order valence-corrected chi connectivity index (χ3v) is 1.79. The van der Waals surface area contributed by atoms with E-state index in [2.05, 4.69) is 5.18 Å². The van der Waals surface area contributed by atoms with Crippen molar-refractivity contribution in [3.8, 4) is 0 Å². The second kappa shape index (κ2) is 2.68. The first-order valence-electron chi connectivity index (χ1n) is 2.44. The molecule has 0 aromatic rings. The maximum Gasteiger partial charge on any atom is 0.0957 e. The van der Waals surface area contributed by atoms with Gasteiger partial charge in [-0.05, 0) is 28.6 Å². The van der Waals surface area contributed by atoms with Crippen LogP contribution in [0.5, 0.6) is 0 Å². The van der Waals surface area contributed by atoms with E-state index >= 15 is 0 Å². The monoisotopic (exact) mass is 142 g/mol. The summed E-state index contributed by atoms with van der Waals surface area (Å²) in [6.07, 6.45) is 3.13. The average molecular weight is 142 g/mol. The molecule has 0 fully saturated rings. The van der Waals surface area contributed by atoms with Gasteiger partial charge in [-0.2, -0.15) is 0 Å². The molecule has 3 nitrogen and oxygen atoms in total. The first kappa shape index (κ1) is 6.35. The Morgan fingerprint density at radius 1 is 1.89 bits per heavy atom. The predicted molar refractivity (Wildman–Crippen MR) is 38.4 cm³/mol. The highest BCUT2D eigenvalue weighted by molar-refractivity contribution is 8.00. The van der Waals surface area contributed by atoms with Crippen molar-refractivity contribution in [1.29, 1.82) is 0 Å². The third-order valence-electron chi connectivity index (χ3n) is 1.01. The molecule has 9 heavy (non-hydrogen) atoms. The van der Waals surface area contributed by atoms with Gasteiger partial charge in [0.1, 0.15) is 0 Å². The number of nitrogens with zero attached hydrogens (tertiary/aromatic N) is 2. The van der Waals surface area contributed by atoms with Gasteiger partial charge in [0.25, 0.3) is 0 Å². The first-order chi connectivity index (χ1) is 4.34. The van der Waals surface area contributed by atoms with Gasteiger partial charge in [-0.25, -0.2) is 0 Å². The molecule has 0 aliphatic carbocycles. The van der Waals surface area contributed by atoms with E-state index in [1.54, 1.807) is 0 Å². The largest absolute Gasteiger partial charge is 0.314 e. The molecule has 0 amide bonds. The van der Waals surface area contributed by atoms with E-state index in [9.17, 15) is 4.91 Å². The van der Waals surface area contributed by atoms with Crippen LogP contribution in [0.3, 0.4) is 0 Å². The summed E-state index contributed by atoms with van der Waals surface area (Å²) in [4.78, 5) is 9.71. The van der Waals surface area contributed by atoms with Gasteiger partial charge in [-0.3, -0.25) is 0 Å². The normalized spacial score (nSPS) is 21.4. The quantitative estimate of drug-likeness (QED) is 0.412. The van der Waals surface area contributed by atoms with Crippen LogP contribution < -0.4 is 0 Å². The van der Waals surface area contributed by atoms with Crippen LogP contribution in [0.2, 0.25) is 0 Å². The van der Waals surface area contributed by atoms with Crippen molar-refractivity contribution in [2.24, 2.45) is 5.18 Å². The Kier molecular flexibility index (Phi) is 1.89. The molecule has 1 aliphatic rings. The zero-order valence-corrected chi connectivity index (χ0v) is 5.76. The van der Waals surface area contributed by atoms with Gasteiger partial charge in [-0.15, -0.1) is 4.91 Å². The second-order valence-electron chi connectivity index (χ2n) is 1.57. The molecule has 0 aromatic heterocycles. The van der Waals surface area contributed by atoms with Gasteiger partial charge >= 0.3 is 0 Å². The fraction of sp³-hybridized carbons (Fsp3) is 0.200. The summed E-state index contributed by atoms with van der Waals surface area (Å²) in [5.41, 5.74) is 0.843. The number of allylic oxidation sites excluding steroid dienone is 1. The van der Waals surface area contributed by atoms with Crippen LogP contribution in [-0.2, 0) is 0 Å². The first-order valence-corrected chi connectivity index (χ1v) is 3.28. The summed E-state index contributed by atoms with van der Waals surface area (Å²) in [5.74, 6) is 0. The zero-order valence-electron chi connectivity index (χ0n) is 4.94. The lowest BCUT2D eigenvalue weighted by atomic mass is 10.5. The van der Waals surface area contributed by atoms with E-state index in [1.165, 1.54) is 18.1 Å². The van der Waals surface area contributed by atoms with Crippen LogP contribution in [0.15, 0.2) is 28.6 Å². The van der Waals surface area contributed by atoms with E-state index in [4.69, 9.17) is 0 Å². The lowest BCUT2D eigenvalue weighted by Gasteiger charge is -2.07. The summed E-state index contributed by atoms with van der Waals surface area (Å²) in [6, 6.07) is 0. The molecule has 0 aromatic carbocycles. The summed E-state index contributed by atoms with van der Waals surface area (Å²) < 4.78 is 1.86.